The third kappa shape index (κ3) is 4.55. The molecular weight excluding hydrogens is 349 g/mol. The second-order valence-electron chi connectivity index (χ2n) is 6.15. The quantitative estimate of drug-likeness (QED) is 0.820. The maximum Gasteiger partial charge on any atom is 0.271 e. The summed E-state index contributed by atoms with van der Waals surface area (Å²) in [4.78, 5) is 14.5. The van der Waals surface area contributed by atoms with E-state index < -0.39 is 0 Å². The van der Waals surface area contributed by atoms with Crippen LogP contribution in [-0.2, 0) is 0 Å². The lowest BCUT2D eigenvalue weighted by Crippen LogP contribution is -2.35. The molecule has 1 amide bonds. The maximum atomic E-state index is 13.0. The molecule has 1 aliphatic rings. The first-order valence-electron chi connectivity index (χ1n) is 8.69. The van der Waals surface area contributed by atoms with Gasteiger partial charge in [0, 0.05) is 42.9 Å². The van der Waals surface area contributed by atoms with E-state index in [2.05, 4.69) is 15.4 Å². The van der Waals surface area contributed by atoms with Gasteiger partial charge >= 0.3 is 0 Å². The Morgan fingerprint density at radius 3 is 2.33 bits per heavy atom. The molecule has 1 saturated heterocycles. The van der Waals surface area contributed by atoms with Gasteiger partial charge in [0.25, 0.3) is 5.91 Å². The molecule has 0 spiro atoms. The van der Waals surface area contributed by atoms with Crippen LogP contribution in [0, 0.1) is 5.82 Å². The Balaban J connectivity index is 1.57. The molecule has 1 aliphatic heterocycles. The molecule has 0 bridgehead atoms. The van der Waals surface area contributed by atoms with Crippen LogP contribution in [0.3, 0.4) is 0 Å². The third-order valence-electron chi connectivity index (χ3n) is 4.49. The van der Waals surface area contributed by atoms with E-state index in [9.17, 15) is 9.18 Å². The Labute approximate surface area is 157 Å². The Hall–Kier alpha value is -3.09. The Kier molecular flexibility index (Phi) is 5.90. The van der Waals surface area contributed by atoms with Crippen molar-refractivity contribution < 1.29 is 18.7 Å². The zero-order valence-electron chi connectivity index (χ0n) is 15.4. The Morgan fingerprint density at radius 2 is 1.70 bits per heavy atom. The molecule has 1 fully saturated rings. The molecule has 0 aliphatic carbocycles. The van der Waals surface area contributed by atoms with Crippen molar-refractivity contribution in [1.82, 2.24) is 5.43 Å². The molecule has 0 unspecified atom stereocenters. The number of ether oxygens (including phenoxy) is 2. The van der Waals surface area contributed by atoms with E-state index in [1.54, 1.807) is 37.4 Å². The van der Waals surface area contributed by atoms with Crippen molar-refractivity contribution in [2.24, 2.45) is 5.10 Å². The SMILES string of the molecule is COc1ccc(C(=O)NN=C2CCN(c3ccc(F)cc3)CC2)cc1OC. The van der Waals surface area contributed by atoms with E-state index in [1.165, 1.54) is 19.2 Å². The summed E-state index contributed by atoms with van der Waals surface area (Å²) < 4.78 is 23.4. The monoisotopic (exact) mass is 371 g/mol. The second kappa shape index (κ2) is 8.53. The van der Waals surface area contributed by atoms with Gasteiger partial charge in [0.1, 0.15) is 5.82 Å². The smallest absolute Gasteiger partial charge is 0.271 e. The van der Waals surface area contributed by atoms with Gasteiger partial charge in [0.15, 0.2) is 11.5 Å². The lowest BCUT2D eigenvalue weighted by atomic mass is 10.1. The lowest BCUT2D eigenvalue weighted by molar-refractivity contribution is 0.0954. The summed E-state index contributed by atoms with van der Waals surface area (Å²) in [5, 5.41) is 4.26. The molecular formula is C20H22FN3O3. The highest BCUT2D eigenvalue weighted by atomic mass is 19.1. The minimum Gasteiger partial charge on any atom is -0.493 e. The average Bonchev–Trinajstić information content (AvgIpc) is 2.72. The fraction of sp³-hybridized carbons (Fsp3) is 0.300. The van der Waals surface area contributed by atoms with E-state index in [-0.39, 0.29) is 11.7 Å². The second-order valence-corrected chi connectivity index (χ2v) is 6.15. The molecule has 7 heteroatoms. The fourth-order valence-electron chi connectivity index (χ4n) is 2.96. The number of nitrogens with zero attached hydrogens (tertiary/aromatic N) is 2. The van der Waals surface area contributed by atoms with Crippen LogP contribution < -0.4 is 19.8 Å². The standard InChI is InChI=1S/C20H22FN3O3/c1-26-18-8-3-14(13-19(18)27-2)20(25)23-22-16-9-11-24(12-10-16)17-6-4-15(21)5-7-17/h3-8,13H,9-12H2,1-2H3,(H,23,25). The van der Waals surface area contributed by atoms with Gasteiger partial charge in [-0.2, -0.15) is 5.10 Å². The van der Waals surface area contributed by atoms with E-state index in [0.717, 1.165) is 37.3 Å². The van der Waals surface area contributed by atoms with E-state index in [4.69, 9.17) is 9.47 Å². The van der Waals surface area contributed by atoms with Gasteiger partial charge < -0.3 is 14.4 Å². The van der Waals surface area contributed by atoms with Crippen LogP contribution in [0.4, 0.5) is 10.1 Å². The van der Waals surface area contributed by atoms with Gasteiger partial charge in [-0.1, -0.05) is 0 Å². The van der Waals surface area contributed by atoms with Crippen LogP contribution in [0.1, 0.15) is 23.2 Å². The number of anilines is 1. The topological polar surface area (TPSA) is 63.2 Å². The molecule has 0 radical (unpaired) electrons. The van der Waals surface area contributed by atoms with Crippen LogP contribution in [0.15, 0.2) is 47.6 Å². The predicted molar refractivity (Wildman–Crippen MR) is 102 cm³/mol. The van der Waals surface area contributed by atoms with Crippen LogP contribution in [0.25, 0.3) is 0 Å². The zero-order chi connectivity index (χ0) is 19.2. The van der Waals surface area contributed by atoms with E-state index >= 15 is 0 Å². The van der Waals surface area contributed by atoms with Crippen LogP contribution in [0.2, 0.25) is 0 Å². The number of halogens is 1. The summed E-state index contributed by atoms with van der Waals surface area (Å²) in [5.74, 6) is 0.513. The largest absolute Gasteiger partial charge is 0.493 e. The lowest BCUT2D eigenvalue weighted by Gasteiger charge is -2.29. The highest BCUT2D eigenvalue weighted by Crippen LogP contribution is 2.27. The van der Waals surface area contributed by atoms with Crippen molar-refractivity contribution in [2.45, 2.75) is 12.8 Å². The number of methoxy groups -OCH3 is 2. The van der Waals surface area contributed by atoms with Crippen molar-refractivity contribution in [1.29, 1.82) is 0 Å². The first-order valence-corrected chi connectivity index (χ1v) is 8.69. The van der Waals surface area contributed by atoms with Gasteiger partial charge in [-0.25, -0.2) is 9.82 Å². The third-order valence-corrected chi connectivity index (χ3v) is 4.49. The first-order chi connectivity index (χ1) is 13.1. The van der Waals surface area contributed by atoms with Gasteiger partial charge in [0.05, 0.1) is 14.2 Å². The van der Waals surface area contributed by atoms with E-state index in [1.807, 2.05) is 0 Å². The number of rotatable bonds is 5. The number of hydrogen-bond acceptors (Lipinski definition) is 5. The summed E-state index contributed by atoms with van der Waals surface area (Å²) >= 11 is 0. The van der Waals surface area contributed by atoms with Gasteiger partial charge in [-0.05, 0) is 42.5 Å². The van der Waals surface area contributed by atoms with Gasteiger partial charge in [-0.15, -0.1) is 0 Å². The molecule has 142 valence electrons. The normalized spacial score (nSPS) is 13.9. The number of carbonyl (C=O) groups excluding carboxylic acids is 1. The molecule has 1 heterocycles. The number of hydrazone groups is 1. The zero-order valence-corrected chi connectivity index (χ0v) is 15.4. The average molecular weight is 371 g/mol. The Bertz CT molecular complexity index is 827. The van der Waals surface area contributed by atoms with E-state index in [0.29, 0.717) is 17.1 Å². The van der Waals surface area contributed by atoms with Gasteiger partial charge in [-0.3, -0.25) is 4.79 Å². The predicted octanol–water partition coefficient (Wildman–Crippen LogP) is 3.23. The summed E-state index contributed by atoms with van der Waals surface area (Å²) in [6.45, 7) is 1.55. The molecule has 2 aromatic carbocycles. The molecule has 3 rings (SSSR count). The van der Waals surface area contributed by atoms with Crippen molar-refractivity contribution in [3.05, 3.63) is 53.8 Å². The highest BCUT2D eigenvalue weighted by Gasteiger charge is 2.16. The summed E-state index contributed by atoms with van der Waals surface area (Å²) in [6.07, 6.45) is 1.48. The number of carbonyl (C=O) groups is 1. The molecule has 6 nitrogen and oxygen atoms in total. The summed E-state index contributed by atoms with van der Waals surface area (Å²) in [7, 11) is 3.07. The minimum absolute atomic E-state index is 0.240. The van der Waals surface area contributed by atoms with Crippen molar-refractivity contribution >= 4 is 17.3 Å². The molecule has 0 atom stereocenters. The maximum absolute atomic E-state index is 13.0. The molecule has 2 aromatic rings. The number of amides is 1. The number of benzene rings is 2. The Morgan fingerprint density at radius 1 is 1.04 bits per heavy atom. The van der Waals surface area contributed by atoms with Crippen LogP contribution in [0.5, 0.6) is 11.5 Å². The molecule has 1 N–H and O–H groups in total. The molecule has 27 heavy (non-hydrogen) atoms. The number of piperidine rings is 1. The van der Waals surface area contributed by atoms with Crippen LogP contribution >= 0.6 is 0 Å². The van der Waals surface area contributed by atoms with Crippen LogP contribution in [-0.4, -0.2) is 38.9 Å². The summed E-state index contributed by atoms with van der Waals surface area (Å²) in [6, 6.07) is 11.4. The van der Waals surface area contributed by atoms with Crippen molar-refractivity contribution in [2.75, 3.05) is 32.2 Å². The first kappa shape index (κ1) is 18.7. The number of hydrogen-bond donors (Lipinski definition) is 1. The van der Waals surface area contributed by atoms with Gasteiger partial charge in [0.2, 0.25) is 0 Å². The summed E-state index contributed by atoms with van der Waals surface area (Å²) in [5.41, 5.74) is 4.97. The molecule has 0 saturated carbocycles. The van der Waals surface area contributed by atoms with Crippen molar-refractivity contribution in [3.8, 4) is 11.5 Å². The van der Waals surface area contributed by atoms with Crippen molar-refractivity contribution in [3.63, 3.8) is 0 Å². The molecule has 0 aromatic heterocycles. The minimum atomic E-state index is -0.301. The number of nitrogens with one attached hydrogen (secondary N) is 1. The highest BCUT2D eigenvalue weighted by molar-refractivity contribution is 5.96. The fourth-order valence-corrected chi connectivity index (χ4v) is 2.96.